The van der Waals surface area contributed by atoms with Crippen molar-refractivity contribution >= 4 is 29.2 Å². The Labute approximate surface area is 142 Å². The van der Waals surface area contributed by atoms with E-state index in [0.29, 0.717) is 0 Å². The summed E-state index contributed by atoms with van der Waals surface area (Å²) in [6, 6.07) is 20.3. The lowest BCUT2D eigenvalue weighted by molar-refractivity contribution is -0.347. The zero-order chi connectivity index (χ0) is 15.9. The predicted molar refractivity (Wildman–Crippen MR) is 98.0 cm³/mol. The normalized spacial score (nSPS) is 17.0. The van der Waals surface area contributed by atoms with Crippen molar-refractivity contribution in [1.82, 2.24) is 0 Å². The third-order valence-corrected chi connectivity index (χ3v) is 4.32. The Balaban J connectivity index is 1.76. The minimum atomic E-state index is 0.850. The molecule has 0 radical (unpaired) electrons. The maximum Gasteiger partial charge on any atom is 0.203 e. The molecule has 3 rings (SSSR count). The fourth-order valence-electron chi connectivity index (χ4n) is 2.58. The van der Waals surface area contributed by atoms with Gasteiger partial charge in [0.15, 0.2) is 6.21 Å². The Morgan fingerprint density at radius 3 is 2.35 bits per heavy atom. The van der Waals surface area contributed by atoms with Crippen LogP contribution in [0.5, 0.6) is 0 Å². The molecule has 0 heterocycles. The number of hydrogen-bond acceptors (Lipinski definition) is 1. The summed E-state index contributed by atoms with van der Waals surface area (Å²) in [7, 11) is 0. The van der Waals surface area contributed by atoms with Crippen LogP contribution < -0.4 is 10.3 Å². The molecule has 0 fully saturated rings. The van der Waals surface area contributed by atoms with Crippen LogP contribution in [0.3, 0.4) is 0 Å². The first-order valence-electron chi connectivity index (χ1n) is 7.87. The van der Waals surface area contributed by atoms with Crippen LogP contribution in [0.1, 0.15) is 19.3 Å². The van der Waals surface area contributed by atoms with E-state index in [2.05, 4.69) is 10.3 Å². The van der Waals surface area contributed by atoms with E-state index in [-0.39, 0.29) is 0 Å². The summed E-state index contributed by atoms with van der Waals surface area (Å²) >= 11 is 6.58. The van der Waals surface area contributed by atoms with Gasteiger partial charge in [-0.15, -0.1) is 0 Å². The Morgan fingerprint density at radius 1 is 0.913 bits per heavy atom. The van der Waals surface area contributed by atoms with E-state index < -0.39 is 0 Å². The number of hydrogen-bond donors (Lipinski definition) is 2. The van der Waals surface area contributed by atoms with Crippen LogP contribution in [0.25, 0.3) is 0 Å². The molecule has 2 nitrogen and oxygen atoms in total. The summed E-state index contributed by atoms with van der Waals surface area (Å²) in [5, 5.41) is 4.17. The van der Waals surface area contributed by atoms with E-state index in [1.165, 1.54) is 0 Å². The van der Waals surface area contributed by atoms with Gasteiger partial charge in [-0.25, -0.2) is 4.99 Å². The molecule has 2 aromatic rings. The molecule has 0 saturated heterocycles. The molecule has 116 valence electrons. The number of rotatable bonds is 4. The summed E-state index contributed by atoms with van der Waals surface area (Å²) in [6.07, 6.45) is 7.16. The fraction of sp³-hybridized carbons (Fsp3) is 0.150. The molecule has 1 aliphatic carbocycles. The van der Waals surface area contributed by atoms with Gasteiger partial charge in [-0.3, -0.25) is 0 Å². The minimum absolute atomic E-state index is 0.850. The van der Waals surface area contributed by atoms with Crippen LogP contribution in [0.2, 0.25) is 0 Å². The fourth-order valence-corrected chi connectivity index (χ4v) is 2.87. The van der Waals surface area contributed by atoms with E-state index >= 15 is 0 Å². The van der Waals surface area contributed by atoms with Gasteiger partial charge in [-0.2, -0.15) is 0 Å². The zero-order valence-electron chi connectivity index (χ0n) is 12.9. The molecule has 1 aliphatic rings. The highest BCUT2D eigenvalue weighted by atomic mass is 35.5. The molecule has 0 saturated carbocycles. The number of benzene rings is 2. The highest BCUT2D eigenvalue weighted by Crippen LogP contribution is 2.31. The van der Waals surface area contributed by atoms with Crippen LogP contribution in [0.4, 0.5) is 11.4 Å². The topological polar surface area (TPSA) is 26.0 Å². The van der Waals surface area contributed by atoms with Gasteiger partial charge in [0, 0.05) is 29.6 Å². The summed E-state index contributed by atoms with van der Waals surface area (Å²) in [5.41, 5.74) is 4.46. The molecule has 23 heavy (non-hydrogen) atoms. The van der Waals surface area contributed by atoms with Crippen LogP contribution >= 0.6 is 11.6 Å². The zero-order valence-corrected chi connectivity index (χ0v) is 13.7. The molecular formula is C20H20ClN2+. The lowest BCUT2D eigenvalue weighted by atomic mass is 9.96. The minimum Gasteiger partial charge on any atom is -0.361 e. The number of allylic oxidation sites excluding steroid dienone is 3. The molecule has 0 aliphatic heterocycles. The first-order valence-corrected chi connectivity index (χ1v) is 8.25. The first-order chi connectivity index (χ1) is 11.3. The van der Waals surface area contributed by atoms with Gasteiger partial charge in [0.1, 0.15) is 0 Å². The second-order valence-electron chi connectivity index (χ2n) is 5.53. The molecule has 0 bridgehead atoms. The molecule has 0 atom stereocenters. The molecule has 2 N–H and O–H groups in total. The molecule has 0 unspecified atom stereocenters. The molecule has 0 amide bonds. The van der Waals surface area contributed by atoms with Crippen molar-refractivity contribution in [3.8, 4) is 0 Å². The first kappa shape index (κ1) is 15.6. The molecule has 3 heteroatoms. The largest absolute Gasteiger partial charge is 0.361 e. The van der Waals surface area contributed by atoms with E-state index in [4.69, 9.17) is 11.6 Å². The highest BCUT2D eigenvalue weighted by Gasteiger charge is 2.16. The average Bonchev–Trinajstić information content (AvgIpc) is 2.61. The average molecular weight is 324 g/mol. The summed E-state index contributed by atoms with van der Waals surface area (Å²) in [6.45, 7) is 0. The van der Waals surface area contributed by atoms with Gasteiger partial charge in [-0.05, 0) is 37.0 Å². The van der Waals surface area contributed by atoms with Crippen LogP contribution in [0, 0.1) is 0 Å². The van der Waals surface area contributed by atoms with Crippen molar-refractivity contribution in [1.29, 1.82) is 0 Å². The third kappa shape index (κ3) is 4.33. The third-order valence-electron chi connectivity index (χ3n) is 3.83. The number of para-hydroxylation sites is 2. The van der Waals surface area contributed by atoms with Crippen molar-refractivity contribution in [3.05, 3.63) is 83.0 Å². The maximum absolute atomic E-state index is 6.58. The number of anilines is 1. The Kier molecular flexibility index (Phi) is 5.28. The van der Waals surface area contributed by atoms with Crippen molar-refractivity contribution in [2.75, 3.05) is 5.32 Å². The maximum atomic E-state index is 6.58. The van der Waals surface area contributed by atoms with Crippen molar-refractivity contribution in [2.45, 2.75) is 19.3 Å². The Morgan fingerprint density at radius 2 is 1.61 bits per heavy atom. The highest BCUT2D eigenvalue weighted by molar-refractivity contribution is 6.33. The summed E-state index contributed by atoms with van der Waals surface area (Å²) < 4.78 is 0. The summed E-state index contributed by atoms with van der Waals surface area (Å²) in [5.74, 6) is 0. The van der Waals surface area contributed by atoms with Gasteiger partial charge in [0.25, 0.3) is 0 Å². The van der Waals surface area contributed by atoms with Crippen LogP contribution in [-0.4, -0.2) is 6.21 Å². The second kappa shape index (κ2) is 7.80. The SMILES string of the molecule is ClC1=C(C=[NH+]c2ccccc2)CCC/C1=C\Nc1ccccc1. The number of halogens is 1. The lowest BCUT2D eigenvalue weighted by Gasteiger charge is -2.15. The summed E-state index contributed by atoms with van der Waals surface area (Å²) in [4.78, 5) is 3.32. The molecule has 2 aromatic carbocycles. The van der Waals surface area contributed by atoms with E-state index in [9.17, 15) is 0 Å². The van der Waals surface area contributed by atoms with Gasteiger partial charge in [0.05, 0.1) is 5.03 Å². The lowest BCUT2D eigenvalue weighted by Crippen LogP contribution is -2.61. The smallest absolute Gasteiger partial charge is 0.203 e. The van der Waals surface area contributed by atoms with E-state index in [0.717, 1.165) is 46.8 Å². The molecular weight excluding hydrogens is 304 g/mol. The molecule has 0 aromatic heterocycles. The van der Waals surface area contributed by atoms with Gasteiger partial charge >= 0.3 is 0 Å². The van der Waals surface area contributed by atoms with Gasteiger partial charge < -0.3 is 5.32 Å². The van der Waals surface area contributed by atoms with Gasteiger partial charge in [-0.1, -0.05) is 48.0 Å². The Bertz CT molecular complexity index is 731. The van der Waals surface area contributed by atoms with Crippen molar-refractivity contribution < 1.29 is 4.99 Å². The Hall–Kier alpha value is -2.32. The van der Waals surface area contributed by atoms with Crippen LogP contribution in [0.15, 0.2) is 83.0 Å². The molecule has 0 spiro atoms. The quantitative estimate of drug-likeness (QED) is 0.812. The van der Waals surface area contributed by atoms with E-state index in [1.807, 2.05) is 73.1 Å². The monoisotopic (exact) mass is 323 g/mol. The second-order valence-corrected chi connectivity index (χ2v) is 5.91. The number of nitrogens with one attached hydrogen (secondary N) is 2. The van der Waals surface area contributed by atoms with Crippen molar-refractivity contribution in [2.24, 2.45) is 0 Å². The van der Waals surface area contributed by atoms with Crippen LogP contribution in [-0.2, 0) is 0 Å². The van der Waals surface area contributed by atoms with E-state index in [1.54, 1.807) is 0 Å². The predicted octanol–water partition coefficient (Wildman–Crippen LogP) is 4.14. The van der Waals surface area contributed by atoms with Crippen molar-refractivity contribution in [3.63, 3.8) is 0 Å². The van der Waals surface area contributed by atoms with Gasteiger partial charge in [0.2, 0.25) is 5.69 Å². The standard InChI is InChI=1S/C20H19ClN2/c21-20-16(14-22-18-10-3-1-4-11-18)8-7-9-17(20)15-23-19-12-5-2-6-13-19/h1-6,10-15,22H,7-9H2/p+1/b16-14+,23-15?.